The molecule has 33 heavy (non-hydrogen) atoms. The molecule has 166 valence electrons. The first-order chi connectivity index (χ1) is 15.8. The van der Waals surface area contributed by atoms with Gasteiger partial charge in [0, 0.05) is 5.56 Å². The molecule has 0 spiro atoms. The monoisotopic (exact) mass is 464 g/mol. The average molecular weight is 464 g/mol. The Balaban J connectivity index is 1.57. The maximum Gasteiger partial charge on any atom is 0.255 e. The molecule has 4 aromatic rings. The fraction of sp³-hybridized carbons (Fsp3) is 0. The maximum atomic E-state index is 14.0. The zero-order chi connectivity index (χ0) is 23.6. The maximum absolute atomic E-state index is 14.0. The zero-order valence-electron chi connectivity index (χ0n) is 17.1. The number of nitrogen functional groups attached to an aromatic ring is 1. The number of nitrogens with two attached hydrogens (primary N) is 1. The molecule has 0 aromatic heterocycles. The predicted octanol–water partition coefficient (Wildman–Crippen LogP) is 5.30. The Kier molecular flexibility index (Phi) is 5.93. The molecule has 0 aliphatic carbocycles. The van der Waals surface area contributed by atoms with Gasteiger partial charge in [0.05, 0.1) is 16.3 Å². The molecule has 1 amide bonds. The van der Waals surface area contributed by atoms with Crippen molar-refractivity contribution in [3.05, 3.63) is 108 Å². The van der Waals surface area contributed by atoms with E-state index in [2.05, 4.69) is 5.32 Å². The predicted molar refractivity (Wildman–Crippen MR) is 122 cm³/mol. The molecular formula is C25H18F2N2O3S. The van der Waals surface area contributed by atoms with E-state index in [0.717, 1.165) is 17.2 Å². The Bertz CT molecular complexity index is 1440. The summed E-state index contributed by atoms with van der Waals surface area (Å²) in [6, 6.07) is 21.2. The molecule has 0 bridgehead atoms. The molecular weight excluding hydrogens is 446 g/mol. The number of nitrogens with one attached hydrogen (secondary N) is 1. The van der Waals surface area contributed by atoms with Crippen molar-refractivity contribution in [1.29, 1.82) is 0 Å². The van der Waals surface area contributed by atoms with Gasteiger partial charge in [-0.1, -0.05) is 30.3 Å². The third-order valence-corrected chi connectivity index (χ3v) is 6.83. The van der Waals surface area contributed by atoms with Crippen molar-refractivity contribution in [3.8, 4) is 11.1 Å². The molecule has 0 saturated carbocycles. The van der Waals surface area contributed by atoms with E-state index in [1.807, 2.05) is 0 Å². The quantitative estimate of drug-likeness (QED) is 0.392. The lowest BCUT2D eigenvalue weighted by Gasteiger charge is -2.11. The number of carbonyl (C=O) groups excluding carboxylic acids is 1. The molecule has 0 fully saturated rings. The van der Waals surface area contributed by atoms with Crippen LogP contribution >= 0.6 is 0 Å². The third-order valence-electron chi connectivity index (χ3n) is 5.03. The van der Waals surface area contributed by atoms with Gasteiger partial charge in [0.2, 0.25) is 9.84 Å². The average Bonchev–Trinajstić information content (AvgIpc) is 2.81. The SMILES string of the molecule is Nc1ccc(-c2ccc(F)cc2)cc1NC(=O)c1ccc(S(=O)(=O)c2ccccc2F)cc1. The van der Waals surface area contributed by atoms with Gasteiger partial charge in [-0.2, -0.15) is 0 Å². The fourth-order valence-electron chi connectivity index (χ4n) is 3.26. The number of sulfone groups is 1. The van der Waals surface area contributed by atoms with Crippen molar-refractivity contribution in [3.63, 3.8) is 0 Å². The van der Waals surface area contributed by atoms with E-state index in [1.165, 1.54) is 54.6 Å². The Morgan fingerprint density at radius 2 is 1.42 bits per heavy atom. The summed E-state index contributed by atoms with van der Waals surface area (Å²) in [6.45, 7) is 0. The minimum Gasteiger partial charge on any atom is -0.397 e. The Hall–Kier alpha value is -4.04. The van der Waals surface area contributed by atoms with Crippen LogP contribution in [0.3, 0.4) is 0 Å². The van der Waals surface area contributed by atoms with Crippen LogP contribution in [0.25, 0.3) is 11.1 Å². The highest BCUT2D eigenvalue weighted by Crippen LogP contribution is 2.28. The van der Waals surface area contributed by atoms with E-state index in [0.29, 0.717) is 11.4 Å². The molecule has 0 atom stereocenters. The molecule has 0 aliphatic rings. The highest BCUT2D eigenvalue weighted by atomic mass is 32.2. The summed E-state index contributed by atoms with van der Waals surface area (Å²) in [4.78, 5) is 12.1. The normalized spacial score (nSPS) is 11.2. The van der Waals surface area contributed by atoms with Crippen molar-refractivity contribution < 1.29 is 22.0 Å². The number of halogens is 2. The lowest BCUT2D eigenvalue weighted by molar-refractivity contribution is 0.102. The molecule has 0 unspecified atom stereocenters. The standard InChI is InChI=1S/C25H18F2N2O3S/c26-19-10-5-16(6-11-19)18-9-14-22(28)23(15-18)29-25(30)17-7-12-20(13-8-17)33(31,32)24-4-2-1-3-21(24)27/h1-15H,28H2,(H,29,30). The number of rotatable bonds is 5. The molecule has 4 aromatic carbocycles. The second-order valence-electron chi connectivity index (χ2n) is 7.22. The molecule has 0 heterocycles. The van der Waals surface area contributed by atoms with Crippen LogP contribution in [0.4, 0.5) is 20.2 Å². The Labute approximate surface area is 189 Å². The lowest BCUT2D eigenvalue weighted by atomic mass is 10.0. The molecule has 0 aliphatic heterocycles. The molecule has 5 nitrogen and oxygen atoms in total. The minimum absolute atomic E-state index is 0.137. The number of hydrogen-bond acceptors (Lipinski definition) is 4. The van der Waals surface area contributed by atoms with Gasteiger partial charge in [0.1, 0.15) is 16.5 Å². The molecule has 8 heteroatoms. The first-order valence-electron chi connectivity index (χ1n) is 9.82. The molecule has 4 rings (SSSR count). The van der Waals surface area contributed by atoms with Crippen molar-refractivity contribution in [2.75, 3.05) is 11.1 Å². The zero-order valence-corrected chi connectivity index (χ0v) is 17.9. The topological polar surface area (TPSA) is 89.3 Å². The highest BCUT2D eigenvalue weighted by molar-refractivity contribution is 7.91. The van der Waals surface area contributed by atoms with Crippen molar-refractivity contribution in [2.45, 2.75) is 9.79 Å². The summed E-state index contributed by atoms with van der Waals surface area (Å²) in [5.74, 6) is -1.72. The summed E-state index contributed by atoms with van der Waals surface area (Å²) in [6.07, 6.45) is 0. The first-order valence-corrected chi connectivity index (χ1v) is 11.3. The molecule has 3 N–H and O–H groups in total. The number of anilines is 2. The fourth-order valence-corrected chi connectivity index (χ4v) is 4.59. The Morgan fingerprint density at radius 3 is 2.09 bits per heavy atom. The van der Waals surface area contributed by atoms with Crippen LogP contribution in [0, 0.1) is 11.6 Å². The van der Waals surface area contributed by atoms with E-state index < -0.39 is 26.5 Å². The van der Waals surface area contributed by atoms with E-state index in [-0.39, 0.29) is 16.3 Å². The molecule has 0 radical (unpaired) electrons. The van der Waals surface area contributed by atoms with Gasteiger partial charge in [0.15, 0.2) is 0 Å². The number of hydrogen-bond donors (Lipinski definition) is 2. The lowest BCUT2D eigenvalue weighted by Crippen LogP contribution is -2.13. The van der Waals surface area contributed by atoms with Crippen molar-refractivity contribution in [1.82, 2.24) is 0 Å². The third kappa shape index (κ3) is 4.61. The van der Waals surface area contributed by atoms with Crippen LogP contribution < -0.4 is 11.1 Å². The number of amides is 1. The minimum atomic E-state index is -4.07. The van der Waals surface area contributed by atoms with E-state index in [4.69, 9.17) is 5.73 Å². The van der Waals surface area contributed by atoms with Crippen LogP contribution in [-0.4, -0.2) is 14.3 Å². The Morgan fingerprint density at radius 1 is 0.788 bits per heavy atom. The van der Waals surface area contributed by atoms with Crippen molar-refractivity contribution >= 4 is 27.1 Å². The van der Waals surface area contributed by atoms with E-state index in [1.54, 1.807) is 30.3 Å². The van der Waals surface area contributed by atoms with Gasteiger partial charge in [-0.15, -0.1) is 0 Å². The van der Waals surface area contributed by atoms with Gasteiger partial charge in [-0.25, -0.2) is 17.2 Å². The van der Waals surface area contributed by atoms with Gasteiger partial charge in [-0.3, -0.25) is 4.79 Å². The second-order valence-corrected chi connectivity index (χ2v) is 9.14. The first kappa shape index (κ1) is 22.2. The van der Waals surface area contributed by atoms with Gasteiger partial charge < -0.3 is 11.1 Å². The van der Waals surface area contributed by atoms with E-state index in [9.17, 15) is 22.0 Å². The van der Waals surface area contributed by atoms with E-state index >= 15 is 0 Å². The number of carbonyl (C=O) groups is 1. The van der Waals surface area contributed by atoms with Gasteiger partial charge in [-0.05, 0) is 71.8 Å². The summed E-state index contributed by atoms with van der Waals surface area (Å²) < 4.78 is 52.5. The molecule has 0 saturated heterocycles. The summed E-state index contributed by atoms with van der Waals surface area (Å²) in [5, 5.41) is 2.70. The summed E-state index contributed by atoms with van der Waals surface area (Å²) in [5.41, 5.74) is 8.33. The highest BCUT2D eigenvalue weighted by Gasteiger charge is 2.21. The number of benzene rings is 4. The summed E-state index contributed by atoms with van der Waals surface area (Å²) >= 11 is 0. The van der Waals surface area contributed by atoms with Crippen LogP contribution in [-0.2, 0) is 9.84 Å². The van der Waals surface area contributed by atoms with Crippen LogP contribution in [0.2, 0.25) is 0 Å². The largest absolute Gasteiger partial charge is 0.397 e. The van der Waals surface area contributed by atoms with Gasteiger partial charge >= 0.3 is 0 Å². The van der Waals surface area contributed by atoms with Crippen molar-refractivity contribution in [2.24, 2.45) is 0 Å². The smallest absolute Gasteiger partial charge is 0.255 e. The van der Waals surface area contributed by atoms with Crippen LogP contribution in [0.15, 0.2) is 101 Å². The van der Waals surface area contributed by atoms with Crippen LogP contribution in [0.1, 0.15) is 10.4 Å². The second kappa shape index (κ2) is 8.84. The van der Waals surface area contributed by atoms with Gasteiger partial charge in [0.25, 0.3) is 5.91 Å². The summed E-state index contributed by atoms with van der Waals surface area (Å²) in [7, 11) is -4.07. The van der Waals surface area contributed by atoms with Crippen LogP contribution in [0.5, 0.6) is 0 Å².